The molecule has 0 aliphatic heterocycles. The zero-order chi connectivity index (χ0) is 13.7. The molecule has 100 valence electrons. The van der Waals surface area contributed by atoms with Gasteiger partial charge in [0.1, 0.15) is 0 Å². The Bertz CT molecular complexity index is 822. The van der Waals surface area contributed by atoms with Crippen LogP contribution in [0.4, 0.5) is 0 Å². The summed E-state index contributed by atoms with van der Waals surface area (Å²) in [5.41, 5.74) is 2.46. The van der Waals surface area contributed by atoms with Crippen molar-refractivity contribution < 1.29 is 5.11 Å². The third kappa shape index (κ3) is 1.72. The summed E-state index contributed by atoms with van der Waals surface area (Å²) in [5, 5.41) is 15.3. The molecule has 1 unspecified atom stereocenters. The Morgan fingerprint density at radius 3 is 2.55 bits per heavy atom. The molecule has 0 heterocycles. The van der Waals surface area contributed by atoms with Gasteiger partial charge in [0.15, 0.2) is 0 Å². The van der Waals surface area contributed by atoms with Crippen molar-refractivity contribution in [3.05, 3.63) is 58.1 Å². The van der Waals surface area contributed by atoms with Crippen molar-refractivity contribution >= 4 is 37.5 Å². The standard InChI is InChI=1S/C18H15BrO/c19-16-5-2-4-12-13-8-7-11-3-1-6-17(20)18(11)15(13)10-9-14(12)16/h2,4-5,7-10,17,20H,1,3,6H2. The van der Waals surface area contributed by atoms with Crippen LogP contribution in [-0.2, 0) is 6.42 Å². The minimum absolute atomic E-state index is 0.313. The topological polar surface area (TPSA) is 20.2 Å². The highest BCUT2D eigenvalue weighted by Crippen LogP contribution is 2.38. The SMILES string of the molecule is OC1CCCc2ccc3c(ccc4c(Br)cccc43)c21. The highest BCUT2D eigenvalue weighted by molar-refractivity contribution is 9.10. The molecule has 1 atom stereocenters. The van der Waals surface area contributed by atoms with Crippen molar-refractivity contribution in [1.29, 1.82) is 0 Å². The van der Waals surface area contributed by atoms with Gasteiger partial charge < -0.3 is 5.11 Å². The number of hydrogen-bond acceptors (Lipinski definition) is 1. The maximum atomic E-state index is 10.4. The Hall–Kier alpha value is -1.38. The number of aliphatic hydroxyl groups is 1. The van der Waals surface area contributed by atoms with Crippen LogP contribution >= 0.6 is 15.9 Å². The van der Waals surface area contributed by atoms with Gasteiger partial charge in [0.2, 0.25) is 0 Å². The largest absolute Gasteiger partial charge is 0.388 e. The lowest BCUT2D eigenvalue weighted by Gasteiger charge is -2.23. The highest BCUT2D eigenvalue weighted by Gasteiger charge is 2.20. The van der Waals surface area contributed by atoms with Gasteiger partial charge in [-0.3, -0.25) is 0 Å². The number of fused-ring (bicyclic) bond motifs is 5. The molecule has 2 heteroatoms. The van der Waals surface area contributed by atoms with E-state index in [-0.39, 0.29) is 6.10 Å². The minimum Gasteiger partial charge on any atom is -0.388 e. The predicted molar refractivity (Wildman–Crippen MR) is 87.1 cm³/mol. The second-order valence-corrected chi connectivity index (χ2v) is 6.40. The average Bonchev–Trinajstić information content (AvgIpc) is 2.47. The second-order valence-electron chi connectivity index (χ2n) is 5.54. The zero-order valence-corrected chi connectivity index (χ0v) is 12.7. The molecule has 0 amide bonds. The molecule has 3 aromatic carbocycles. The van der Waals surface area contributed by atoms with E-state index in [1.54, 1.807) is 0 Å². The Labute approximate surface area is 126 Å². The molecule has 4 rings (SSSR count). The van der Waals surface area contributed by atoms with Crippen LogP contribution in [0.1, 0.15) is 30.1 Å². The van der Waals surface area contributed by atoms with Crippen LogP contribution in [0.25, 0.3) is 21.5 Å². The normalized spacial score (nSPS) is 18.4. The summed E-state index contributed by atoms with van der Waals surface area (Å²) < 4.78 is 1.12. The summed E-state index contributed by atoms with van der Waals surface area (Å²) in [6, 6.07) is 15.0. The smallest absolute Gasteiger partial charge is 0.0798 e. The van der Waals surface area contributed by atoms with E-state index in [0.29, 0.717) is 0 Å². The molecule has 1 aliphatic rings. The van der Waals surface area contributed by atoms with E-state index in [1.165, 1.54) is 27.1 Å². The second kappa shape index (κ2) is 4.57. The molecular weight excluding hydrogens is 312 g/mol. The molecule has 0 radical (unpaired) electrons. The number of aryl methyl sites for hydroxylation is 1. The van der Waals surface area contributed by atoms with Crippen LogP contribution < -0.4 is 0 Å². The van der Waals surface area contributed by atoms with Crippen molar-refractivity contribution in [3.63, 3.8) is 0 Å². The predicted octanol–water partition coefficient (Wildman–Crippen LogP) is 5.13. The summed E-state index contributed by atoms with van der Waals surface area (Å²) in [6.07, 6.45) is 2.73. The first-order valence-electron chi connectivity index (χ1n) is 7.06. The summed E-state index contributed by atoms with van der Waals surface area (Å²) in [7, 11) is 0. The third-order valence-corrected chi connectivity index (χ3v) is 5.09. The first-order valence-corrected chi connectivity index (χ1v) is 7.86. The van der Waals surface area contributed by atoms with Gasteiger partial charge in [0.05, 0.1) is 6.10 Å². The monoisotopic (exact) mass is 326 g/mol. The Kier molecular flexibility index (Phi) is 2.83. The lowest BCUT2D eigenvalue weighted by molar-refractivity contribution is 0.158. The summed E-state index contributed by atoms with van der Waals surface area (Å²) in [5.74, 6) is 0. The van der Waals surface area contributed by atoms with Crippen LogP contribution in [-0.4, -0.2) is 5.11 Å². The van der Waals surface area contributed by atoms with Crippen LogP contribution in [0.2, 0.25) is 0 Å². The van der Waals surface area contributed by atoms with Crippen molar-refractivity contribution in [2.24, 2.45) is 0 Å². The fourth-order valence-electron chi connectivity index (χ4n) is 3.45. The number of hydrogen-bond donors (Lipinski definition) is 1. The van der Waals surface area contributed by atoms with Gasteiger partial charge in [-0.1, -0.05) is 52.3 Å². The zero-order valence-electron chi connectivity index (χ0n) is 11.1. The Morgan fingerprint density at radius 2 is 1.65 bits per heavy atom. The van der Waals surface area contributed by atoms with Crippen LogP contribution in [0.15, 0.2) is 46.9 Å². The first kappa shape index (κ1) is 12.4. The summed E-state index contributed by atoms with van der Waals surface area (Å²) in [4.78, 5) is 0. The molecule has 0 bridgehead atoms. The van der Waals surface area contributed by atoms with Gasteiger partial charge in [-0.25, -0.2) is 0 Å². The van der Waals surface area contributed by atoms with Crippen molar-refractivity contribution in [2.45, 2.75) is 25.4 Å². The maximum absolute atomic E-state index is 10.4. The van der Waals surface area contributed by atoms with Crippen LogP contribution in [0, 0.1) is 0 Å². The molecule has 1 N–H and O–H groups in total. The maximum Gasteiger partial charge on any atom is 0.0798 e. The molecule has 0 fully saturated rings. The molecule has 3 aromatic rings. The summed E-state index contributed by atoms with van der Waals surface area (Å²) >= 11 is 3.62. The van der Waals surface area contributed by atoms with Gasteiger partial charge in [-0.05, 0) is 58.0 Å². The van der Waals surface area contributed by atoms with E-state index in [0.717, 1.165) is 29.3 Å². The molecule has 0 saturated heterocycles. The van der Waals surface area contributed by atoms with Crippen molar-refractivity contribution in [3.8, 4) is 0 Å². The van der Waals surface area contributed by atoms with Crippen LogP contribution in [0.5, 0.6) is 0 Å². The fourth-order valence-corrected chi connectivity index (χ4v) is 3.94. The van der Waals surface area contributed by atoms with E-state index in [4.69, 9.17) is 0 Å². The number of rotatable bonds is 0. The van der Waals surface area contributed by atoms with E-state index < -0.39 is 0 Å². The minimum atomic E-state index is -0.313. The summed E-state index contributed by atoms with van der Waals surface area (Å²) in [6.45, 7) is 0. The quantitative estimate of drug-likeness (QED) is 0.568. The Balaban J connectivity index is 2.15. The fraction of sp³-hybridized carbons (Fsp3) is 0.222. The Morgan fingerprint density at radius 1 is 0.900 bits per heavy atom. The lowest BCUT2D eigenvalue weighted by Crippen LogP contribution is -2.09. The molecule has 0 aromatic heterocycles. The average molecular weight is 327 g/mol. The lowest BCUT2D eigenvalue weighted by atomic mass is 9.85. The molecule has 0 saturated carbocycles. The van der Waals surface area contributed by atoms with Gasteiger partial charge in [0.25, 0.3) is 0 Å². The van der Waals surface area contributed by atoms with Gasteiger partial charge in [0, 0.05) is 4.47 Å². The van der Waals surface area contributed by atoms with E-state index in [9.17, 15) is 5.11 Å². The molecular formula is C18H15BrO. The third-order valence-electron chi connectivity index (χ3n) is 4.39. The van der Waals surface area contributed by atoms with Crippen LogP contribution in [0.3, 0.4) is 0 Å². The van der Waals surface area contributed by atoms with Gasteiger partial charge >= 0.3 is 0 Å². The molecule has 20 heavy (non-hydrogen) atoms. The molecule has 0 spiro atoms. The molecule has 1 aliphatic carbocycles. The van der Waals surface area contributed by atoms with Gasteiger partial charge in [-0.2, -0.15) is 0 Å². The first-order chi connectivity index (χ1) is 9.75. The van der Waals surface area contributed by atoms with Gasteiger partial charge in [-0.15, -0.1) is 0 Å². The number of aliphatic hydroxyl groups excluding tert-OH is 1. The highest BCUT2D eigenvalue weighted by atomic mass is 79.9. The number of halogens is 1. The van der Waals surface area contributed by atoms with E-state index in [2.05, 4.69) is 58.4 Å². The van der Waals surface area contributed by atoms with E-state index >= 15 is 0 Å². The molecule has 1 nitrogen and oxygen atoms in total. The number of benzene rings is 3. The van der Waals surface area contributed by atoms with E-state index in [1.807, 2.05) is 0 Å². The van der Waals surface area contributed by atoms with Crippen molar-refractivity contribution in [2.75, 3.05) is 0 Å². The van der Waals surface area contributed by atoms with Crippen molar-refractivity contribution in [1.82, 2.24) is 0 Å².